The maximum atomic E-state index is 11.8. The highest BCUT2D eigenvalue weighted by molar-refractivity contribution is 5.81. The topological polar surface area (TPSA) is 121 Å². The van der Waals surface area contributed by atoms with E-state index in [9.17, 15) is 14.4 Å². The molecule has 0 aliphatic heterocycles. The number of alkyl carbamates (subject to hydrolysis) is 2. The molecule has 2 N–H and O–H groups in total. The number of ether oxygens (including phenoxy) is 5. The summed E-state index contributed by atoms with van der Waals surface area (Å²) in [6, 6.07) is 7.45. The normalized spacial score (nSPS) is 10.2. The van der Waals surface area contributed by atoms with Crippen LogP contribution in [0.4, 0.5) is 9.59 Å². The average molecular weight is 493 g/mol. The van der Waals surface area contributed by atoms with Crippen LogP contribution >= 0.6 is 0 Å². The number of nitrogens with one attached hydrogen (secondary N) is 2. The number of unbranched alkanes of at least 4 members (excludes halogenated alkanes) is 2. The standard InChI is InChI=1S/C25H36N2O8/c1-3-12-31-20-32-13-5-6-15-34-24(29)26-18-21-10-9-11-22(17-21)19-27-25(30)35-16-8-7-14-33-23(28)4-2/h3-4,9-11,17H,1-2,5-8,12-16,18-20H2,(H,26,29)(H,27,30). The second kappa shape index (κ2) is 20.0. The fraction of sp³-hybridized carbons (Fsp3) is 0.480. The van der Waals surface area contributed by atoms with Gasteiger partial charge < -0.3 is 34.3 Å². The van der Waals surface area contributed by atoms with Crippen LogP contribution in [0.5, 0.6) is 0 Å². The summed E-state index contributed by atoms with van der Waals surface area (Å²) in [5, 5.41) is 5.37. The molecule has 10 nitrogen and oxygen atoms in total. The van der Waals surface area contributed by atoms with Crippen molar-refractivity contribution >= 4 is 18.2 Å². The summed E-state index contributed by atoms with van der Waals surface area (Å²) in [4.78, 5) is 34.6. The van der Waals surface area contributed by atoms with Gasteiger partial charge in [-0.05, 0) is 36.8 Å². The number of carbonyl (C=O) groups is 3. The second-order valence-electron chi connectivity index (χ2n) is 7.27. The van der Waals surface area contributed by atoms with Crippen molar-refractivity contribution in [3.05, 3.63) is 60.7 Å². The van der Waals surface area contributed by atoms with E-state index < -0.39 is 18.2 Å². The first-order valence-electron chi connectivity index (χ1n) is 11.5. The first-order valence-corrected chi connectivity index (χ1v) is 11.5. The summed E-state index contributed by atoms with van der Waals surface area (Å²) in [7, 11) is 0. The molecule has 0 spiro atoms. The minimum Gasteiger partial charge on any atom is -0.463 e. The summed E-state index contributed by atoms with van der Waals surface area (Å²) in [6.07, 6.45) is 4.34. The van der Waals surface area contributed by atoms with Gasteiger partial charge in [0, 0.05) is 25.8 Å². The fourth-order valence-corrected chi connectivity index (χ4v) is 2.62. The SMILES string of the molecule is C=CCOCOCCCCOC(=O)NCc1cccc(CNC(=O)OCCCCOC(=O)C=C)c1. The molecule has 35 heavy (non-hydrogen) atoms. The molecule has 0 heterocycles. The van der Waals surface area contributed by atoms with Gasteiger partial charge in [-0.1, -0.05) is 36.9 Å². The monoisotopic (exact) mass is 492 g/mol. The second-order valence-corrected chi connectivity index (χ2v) is 7.27. The number of hydrogen-bond acceptors (Lipinski definition) is 8. The lowest BCUT2D eigenvalue weighted by Crippen LogP contribution is -2.25. The van der Waals surface area contributed by atoms with Gasteiger partial charge >= 0.3 is 18.2 Å². The highest BCUT2D eigenvalue weighted by atomic mass is 16.7. The number of hydrogen-bond donors (Lipinski definition) is 2. The fourth-order valence-electron chi connectivity index (χ4n) is 2.62. The van der Waals surface area contributed by atoms with Crippen molar-refractivity contribution in [2.75, 3.05) is 39.8 Å². The Morgan fingerprint density at radius 3 is 1.86 bits per heavy atom. The summed E-state index contributed by atoms with van der Waals surface area (Å²) < 4.78 is 25.4. The van der Waals surface area contributed by atoms with Crippen molar-refractivity contribution in [1.29, 1.82) is 0 Å². The number of rotatable bonds is 19. The van der Waals surface area contributed by atoms with Gasteiger partial charge in [-0.25, -0.2) is 14.4 Å². The third-order valence-electron chi connectivity index (χ3n) is 4.37. The quantitative estimate of drug-likeness (QED) is 0.0750. The Hall–Kier alpha value is -3.37. The molecule has 194 valence electrons. The highest BCUT2D eigenvalue weighted by Gasteiger charge is 2.05. The molecule has 1 rings (SSSR count). The van der Waals surface area contributed by atoms with Crippen molar-refractivity contribution in [2.24, 2.45) is 0 Å². The number of carbonyl (C=O) groups excluding carboxylic acids is 3. The number of amides is 2. The minimum atomic E-state index is -0.533. The van der Waals surface area contributed by atoms with E-state index >= 15 is 0 Å². The Balaban J connectivity index is 2.12. The Bertz CT molecular complexity index is 784. The number of esters is 1. The molecule has 0 aromatic heterocycles. The molecule has 0 aliphatic rings. The molecule has 2 amide bonds. The van der Waals surface area contributed by atoms with Crippen LogP contribution in [-0.4, -0.2) is 58.0 Å². The molecule has 1 aromatic rings. The highest BCUT2D eigenvalue weighted by Crippen LogP contribution is 2.06. The van der Waals surface area contributed by atoms with Crippen LogP contribution < -0.4 is 10.6 Å². The minimum absolute atomic E-state index is 0.222. The average Bonchev–Trinajstić information content (AvgIpc) is 2.87. The number of benzene rings is 1. The molecule has 0 saturated carbocycles. The van der Waals surface area contributed by atoms with Gasteiger partial charge in [-0.2, -0.15) is 0 Å². The molecule has 10 heteroatoms. The van der Waals surface area contributed by atoms with Crippen molar-refractivity contribution in [3.63, 3.8) is 0 Å². The molecular weight excluding hydrogens is 456 g/mol. The van der Waals surface area contributed by atoms with E-state index in [1.165, 1.54) is 0 Å². The molecule has 0 fully saturated rings. The van der Waals surface area contributed by atoms with Crippen LogP contribution in [0.15, 0.2) is 49.6 Å². The molecule has 0 radical (unpaired) electrons. The molecular formula is C25H36N2O8. The molecule has 0 saturated heterocycles. The Morgan fingerprint density at radius 1 is 0.771 bits per heavy atom. The van der Waals surface area contributed by atoms with E-state index in [0.717, 1.165) is 23.6 Å². The van der Waals surface area contributed by atoms with Gasteiger partial charge in [-0.15, -0.1) is 6.58 Å². The zero-order valence-corrected chi connectivity index (χ0v) is 20.1. The molecule has 0 atom stereocenters. The Morgan fingerprint density at radius 2 is 1.31 bits per heavy atom. The summed E-state index contributed by atoms with van der Waals surface area (Å²) in [6.45, 7) is 9.43. The van der Waals surface area contributed by atoms with Gasteiger partial charge in [0.25, 0.3) is 0 Å². The van der Waals surface area contributed by atoms with Crippen LogP contribution in [-0.2, 0) is 41.6 Å². The van der Waals surface area contributed by atoms with Crippen molar-refractivity contribution in [3.8, 4) is 0 Å². The van der Waals surface area contributed by atoms with Gasteiger partial charge in [0.1, 0.15) is 6.79 Å². The first kappa shape index (κ1) is 29.7. The largest absolute Gasteiger partial charge is 0.463 e. The smallest absolute Gasteiger partial charge is 0.407 e. The van der Waals surface area contributed by atoms with Gasteiger partial charge in [0.05, 0.1) is 26.4 Å². The van der Waals surface area contributed by atoms with Gasteiger partial charge in [-0.3, -0.25) is 0 Å². The maximum absolute atomic E-state index is 11.8. The molecule has 0 unspecified atom stereocenters. The van der Waals surface area contributed by atoms with Crippen molar-refractivity contribution < 1.29 is 38.1 Å². The first-order chi connectivity index (χ1) is 17.0. The zero-order chi connectivity index (χ0) is 25.6. The van der Waals surface area contributed by atoms with Crippen LogP contribution in [0.25, 0.3) is 0 Å². The van der Waals surface area contributed by atoms with Crippen LogP contribution in [0.1, 0.15) is 36.8 Å². The Kier molecular flexibility index (Phi) is 17.0. The molecule has 1 aromatic carbocycles. The molecule has 0 bridgehead atoms. The van der Waals surface area contributed by atoms with E-state index in [4.69, 9.17) is 23.7 Å². The van der Waals surface area contributed by atoms with E-state index in [2.05, 4.69) is 23.8 Å². The lowest BCUT2D eigenvalue weighted by atomic mass is 10.1. The van der Waals surface area contributed by atoms with Gasteiger partial charge in [0.15, 0.2) is 0 Å². The zero-order valence-electron chi connectivity index (χ0n) is 20.1. The van der Waals surface area contributed by atoms with E-state index in [1.807, 2.05) is 24.3 Å². The van der Waals surface area contributed by atoms with Crippen LogP contribution in [0.3, 0.4) is 0 Å². The van der Waals surface area contributed by atoms with Crippen molar-refractivity contribution in [1.82, 2.24) is 10.6 Å². The third kappa shape index (κ3) is 16.8. The third-order valence-corrected chi connectivity index (χ3v) is 4.37. The van der Waals surface area contributed by atoms with Crippen LogP contribution in [0.2, 0.25) is 0 Å². The lowest BCUT2D eigenvalue weighted by Gasteiger charge is -2.10. The van der Waals surface area contributed by atoms with Crippen molar-refractivity contribution in [2.45, 2.75) is 38.8 Å². The molecule has 0 aliphatic carbocycles. The maximum Gasteiger partial charge on any atom is 0.407 e. The summed E-state index contributed by atoms with van der Waals surface area (Å²) in [5.41, 5.74) is 1.74. The summed E-state index contributed by atoms with van der Waals surface area (Å²) in [5.74, 6) is -0.471. The summed E-state index contributed by atoms with van der Waals surface area (Å²) >= 11 is 0. The van der Waals surface area contributed by atoms with E-state index in [1.54, 1.807) is 6.08 Å². The lowest BCUT2D eigenvalue weighted by molar-refractivity contribution is -0.137. The Labute approximate surface area is 206 Å². The van der Waals surface area contributed by atoms with Crippen LogP contribution in [0, 0.1) is 0 Å². The predicted octanol–water partition coefficient (Wildman–Crippen LogP) is 3.61. The van der Waals surface area contributed by atoms with E-state index in [0.29, 0.717) is 45.6 Å². The van der Waals surface area contributed by atoms with E-state index in [-0.39, 0.29) is 26.6 Å². The predicted molar refractivity (Wildman–Crippen MR) is 129 cm³/mol. The van der Waals surface area contributed by atoms with Gasteiger partial charge in [0.2, 0.25) is 0 Å².